The van der Waals surface area contributed by atoms with Crippen molar-refractivity contribution in [2.75, 3.05) is 13.6 Å². The summed E-state index contributed by atoms with van der Waals surface area (Å²) in [5.41, 5.74) is 7.25. The van der Waals surface area contributed by atoms with Crippen LogP contribution in [0.25, 0.3) is 10.9 Å². The molecular formula is C21H21N3. The highest BCUT2D eigenvalue weighted by Crippen LogP contribution is 2.30. The highest BCUT2D eigenvalue weighted by Gasteiger charge is 2.21. The van der Waals surface area contributed by atoms with Crippen LogP contribution in [0, 0.1) is 25.8 Å². The van der Waals surface area contributed by atoms with Crippen molar-refractivity contribution in [2.45, 2.75) is 26.8 Å². The summed E-state index contributed by atoms with van der Waals surface area (Å²) in [6.07, 6.45) is 2.90. The molecule has 0 spiro atoms. The maximum absolute atomic E-state index is 4.40. The Labute approximate surface area is 142 Å². The molecule has 0 fully saturated rings. The van der Waals surface area contributed by atoms with Crippen LogP contribution >= 0.6 is 0 Å². The largest absolute Gasteiger partial charge is 0.302 e. The van der Waals surface area contributed by atoms with E-state index in [9.17, 15) is 0 Å². The van der Waals surface area contributed by atoms with Gasteiger partial charge in [0.05, 0.1) is 5.52 Å². The molecule has 24 heavy (non-hydrogen) atoms. The average molecular weight is 315 g/mol. The van der Waals surface area contributed by atoms with E-state index in [0.29, 0.717) is 0 Å². The topological polar surface area (TPSA) is 21.1 Å². The quantitative estimate of drug-likeness (QED) is 0.592. The van der Waals surface area contributed by atoms with Crippen molar-refractivity contribution in [1.82, 2.24) is 14.5 Å². The highest BCUT2D eigenvalue weighted by molar-refractivity contribution is 5.87. The van der Waals surface area contributed by atoms with Crippen molar-refractivity contribution in [3.63, 3.8) is 0 Å². The molecule has 2 aromatic heterocycles. The molecule has 0 unspecified atom stereocenters. The fourth-order valence-electron chi connectivity index (χ4n) is 3.39. The van der Waals surface area contributed by atoms with Crippen molar-refractivity contribution >= 4 is 10.9 Å². The Hall–Kier alpha value is -2.57. The summed E-state index contributed by atoms with van der Waals surface area (Å²) in [6, 6.07) is 14.0. The second-order valence-electron chi connectivity index (χ2n) is 6.73. The summed E-state index contributed by atoms with van der Waals surface area (Å²) < 4.78 is 2.18. The minimum Gasteiger partial charge on any atom is -0.302 e. The van der Waals surface area contributed by atoms with E-state index in [0.717, 1.165) is 30.8 Å². The molecule has 0 bridgehead atoms. The van der Waals surface area contributed by atoms with Crippen molar-refractivity contribution in [2.24, 2.45) is 0 Å². The number of fused-ring (bicyclic) bond motifs is 3. The molecule has 0 saturated heterocycles. The van der Waals surface area contributed by atoms with Gasteiger partial charge in [0.25, 0.3) is 0 Å². The number of hydrogen-bond donors (Lipinski definition) is 0. The Morgan fingerprint density at radius 1 is 1.08 bits per heavy atom. The van der Waals surface area contributed by atoms with Crippen LogP contribution in [0.2, 0.25) is 0 Å². The van der Waals surface area contributed by atoms with Gasteiger partial charge in [-0.3, -0.25) is 4.57 Å². The third-order valence-corrected chi connectivity index (χ3v) is 4.70. The molecular weight excluding hydrogens is 294 g/mol. The van der Waals surface area contributed by atoms with Crippen molar-refractivity contribution in [3.8, 4) is 12.0 Å². The van der Waals surface area contributed by atoms with Crippen molar-refractivity contribution in [3.05, 3.63) is 64.6 Å². The van der Waals surface area contributed by atoms with Crippen LogP contribution in [0.15, 0.2) is 36.5 Å². The van der Waals surface area contributed by atoms with Crippen LogP contribution in [0.5, 0.6) is 0 Å². The van der Waals surface area contributed by atoms with Gasteiger partial charge in [0.1, 0.15) is 5.69 Å². The van der Waals surface area contributed by atoms with Gasteiger partial charge in [-0.2, -0.15) is 0 Å². The molecule has 0 atom stereocenters. The van der Waals surface area contributed by atoms with E-state index >= 15 is 0 Å². The first kappa shape index (κ1) is 15.0. The summed E-state index contributed by atoms with van der Waals surface area (Å²) in [7, 11) is 2.18. The summed E-state index contributed by atoms with van der Waals surface area (Å²) in [5, 5.41) is 1.34. The lowest BCUT2D eigenvalue weighted by Crippen LogP contribution is -2.27. The number of rotatable bonds is 0. The predicted octanol–water partition coefficient (Wildman–Crippen LogP) is 3.50. The lowest BCUT2D eigenvalue weighted by molar-refractivity contribution is 0.311. The van der Waals surface area contributed by atoms with Crippen LogP contribution in [-0.2, 0) is 13.0 Å². The zero-order chi connectivity index (χ0) is 16.7. The Morgan fingerprint density at radius 3 is 2.71 bits per heavy atom. The number of benzene rings is 1. The number of pyridine rings is 1. The van der Waals surface area contributed by atoms with Crippen molar-refractivity contribution in [1.29, 1.82) is 0 Å². The zero-order valence-corrected chi connectivity index (χ0v) is 14.4. The lowest BCUT2D eigenvalue weighted by atomic mass is 10.0. The first-order valence-corrected chi connectivity index (χ1v) is 8.38. The summed E-state index contributed by atoms with van der Waals surface area (Å²) in [6.45, 7) is 6.26. The molecule has 3 nitrogen and oxygen atoms in total. The third-order valence-electron chi connectivity index (χ3n) is 4.70. The Bertz CT molecular complexity index is 968. The molecule has 3 aromatic rings. The van der Waals surface area contributed by atoms with Gasteiger partial charge in [-0.15, -0.1) is 0 Å². The van der Waals surface area contributed by atoms with Crippen LogP contribution < -0.4 is 0 Å². The van der Waals surface area contributed by atoms with E-state index in [-0.39, 0.29) is 0 Å². The van der Waals surface area contributed by atoms with Gasteiger partial charge in [-0.1, -0.05) is 17.7 Å². The fraction of sp³-hybridized carbons (Fsp3) is 0.286. The number of nitrogens with zero attached hydrogens (tertiary/aromatic N) is 3. The molecule has 3 heterocycles. The van der Waals surface area contributed by atoms with E-state index in [1.165, 1.54) is 27.7 Å². The van der Waals surface area contributed by atoms with E-state index in [1.54, 1.807) is 0 Å². The van der Waals surface area contributed by atoms with Gasteiger partial charge in [-0.05, 0) is 56.1 Å². The average Bonchev–Trinajstić information content (AvgIpc) is 2.87. The van der Waals surface area contributed by atoms with Crippen LogP contribution in [0.1, 0.15) is 28.1 Å². The van der Waals surface area contributed by atoms with Gasteiger partial charge in [0.15, 0.2) is 0 Å². The molecule has 1 aliphatic rings. The minimum absolute atomic E-state index is 0.816. The number of aromatic nitrogens is 2. The lowest BCUT2D eigenvalue weighted by Gasteiger charge is -2.23. The smallest absolute Gasteiger partial charge is 0.115 e. The molecule has 1 aromatic carbocycles. The summed E-state index contributed by atoms with van der Waals surface area (Å²) >= 11 is 0. The van der Waals surface area contributed by atoms with Crippen LogP contribution in [0.4, 0.5) is 0 Å². The second kappa shape index (κ2) is 5.81. The molecule has 3 heteroatoms. The van der Waals surface area contributed by atoms with Gasteiger partial charge in [-0.25, -0.2) is 4.98 Å². The molecule has 0 saturated carbocycles. The van der Waals surface area contributed by atoms with E-state index < -0.39 is 0 Å². The normalized spacial score (nSPS) is 14.3. The molecule has 0 radical (unpaired) electrons. The Morgan fingerprint density at radius 2 is 1.92 bits per heavy atom. The molecule has 120 valence electrons. The van der Waals surface area contributed by atoms with Crippen LogP contribution in [-0.4, -0.2) is 28.0 Å². The Kier molecular flexibility index (Phi) is 3.63. The summed E-state index contributed by atoms with van der Waals surface area (Å²) in [5.74, 6) is 3.23. The van der Waals surface area contributed by atoms with E-state index in [2.05, 4.69) is 64.7 Å². The fourth-order valence-corrected chi connectivity index (χ4v) is 3.39. The highest BCUT2D eigenvalue weighted by atomic mass is 15.1. The molecule has 0 amide bonds. The van der Waals surface area contributed by atoms with E-state index in [1.807, 2.05) is 19.2 Å². The van der Waals surface area contributed by atoms with E-state index in [4.69, 9.17) is 0 Å². The molecule has 0 N–H and O–H groups in total. The monoisotopic (exact) mass is 315 g/mol. The first-order chi connectivity index (χ1) is 11.6. The molecule has 1 aliphatic heterocycles. The molecule has 4 rings (SSSR count). The summed E-state index contributed by atoms with van der Waals surface area (Å²) in [4.78, 5) is 6.78. The van der Waals surface area contributed by atoms with Crippen molar-refractivity contribution < 1.29 is 0 Å². The predicted molar refractivity (Wildman–Crippen MR) is 98.0 cm³/mol. The number of aryl methyl sites for hydroxylation is 2. The zero-order valence-electron chi connectivity index (χ0n) is 14.4. The first-order valence-electron chi connectivity index (χ1n) is 8.38. The maximum Gasteiger partial charge on any atom is 0.115 e. The number of likely N-dealkylation sites (N-methyl/N-ethyl adjacent to an activating group) is 1. The Balaban J connectivity index is 1.88. The minimum atomic E-state index is 0.816. The van der Waals surface area contributed by atoms with Gasteiger partial charge in [0.2, 0.25) is 0 Å². The number of hydrogen-bond acceptors (Lipinski definition) is 2. The molecule has 0 aliphatic carbocycles. The maximum atomic E-state index is 4.40. The second-order valence-corrected chi connectivity index (χ2v) is 6.73. The van der Waals surface area contributed by atoms with Gasteiger partial charge in [0, 0.05) is 42.8 Å². The van der Waals surface area contributed by atoms with Gasteiger partial charge < -0.3 is 4.90 Å². The van der Waals surface area contributed by atoms with Gasteiger partial charge >= 0.3 is 0 Å². The third kappa shape index (κ3) is 2.60. The van der Waals surface area contributed by atoms with Crippen LogP contribution in [0.3, 0.4) is 0 Å². The SMILES string of the molecule is Cc1ccc(C#Cn2c3c(c4cc(C)ccc42)CN(C)CC3)nc1. The standard InChI is InChI=1S/C21H21N3/c1-15-5-7-20-18(12-15)19-14-23(3)10-9-21(19)24(20)11-8-17-6-4-16(2)13-22-17/h4-7,12-13H,9-10,14H2,1-3H3.